The molecular weight excluding hydrogens is 497 g/mol. The summed E-state index contributed by atoms with van der Waals surface area (Å²) in [7, 11) is -4.04. The topological polar surface area (TPSA) is 101 Å². The molecule has 1 fully saturated rings. The van der Waals surface area contributed by atoms with Gasteiger partial charge in [0.25, 0.3) is 0 Å². The molecule has 0 bridgehead atoms. The van der Waals surface area contributed by atoms with Crippen molar-refractivity contribution in [3.63, 3.8) is 0 Å². The Kier molecular flexibility index (Phi) is 8.06. The van der Waals surface area contributed by atoms with Crippen molar-refractivity contribution in [2.24, 2.45) is 11.7 Å². The zero-order chi connectivity index (χ0) is 23.5. The molecule has 32 heavy (non-hydrogen) atoms. The summed E-state index contributed by atoms with van der Waals surface area (Å²) in [5.41, 5.74) is 5.86. The van der Waals surface area contributed by atoms with Crippen LogP contribution in [0.4, 0.5) is 0 Å². The minimum absolute atomic E-state index is 0.00669. The Balaban J connectivity index is 1.85. The highest BCUT2D eigenvalue weighted by Crippen LogP contribution is 2.26. The molecule has 0 aromatic heterocycles. The quantitative estimate of drug-likeness (QED) is 0.605. The summed E-state index contributed by atoms with van der Waals surface area (Å²) in [4.78, 5) is 25.9. The molecule has 0 saturated carbocycles. The molecule has 0 atom stereocenters. The van der Waals surface area contributed by atoms with Crippen LogP contribution in [-0.4, -0.2) is 49.1 Å². The lowest BCUT2D eigenvalue weighted by molar-refractivity contribution is -0.135. The van der Waals surface area contributed by atoms with Crippen LogP contribution in [-0.2, 0) is 26.2 Å². The number of hydrogen-bond acceptors (Lipinski definition) is 4. The molecule has 2 amide bonds. The number of benzene rings is 2. The lowest BCUT2D eigenvalue weighted by atomic mass is 9.96. The fourth-order valence-corrected chi connectivity index (χ4v) is 5.45. The zero-order valence-corrected chi connectivity index (χ0v) is 20.1. The number of rotatable bonds is 7. The molecular formula is C21H22Cl3N3O4S. The Morgan fingerprint density at radius 1 is 1.00 bits per heavy atom. The second-order valence-corrected chi connectivity index (χ2v) is 10.7. The van der Waals surface area contributed by atoms with Crippen LogP contribution in [0.25, 0.3) is 0 Å². The molecule has 11 heteroatoms. The molecule has 0 unspecified atom stereocenters. The summed E-state index contributed by atoms with van der Waals surface area (Å²) in [5, 5.41) is 1.10. The minimum Gasteiger partial charge on any atom is -0.369 e. The molecule has 2 aromatic rings. The smallest absolute Gasteiger partial charge is 0.243 e. The molecule has 0 aliphatic carbocycles. The normalized spacial score (nSPS) is 15.2. The average Bonchev–Trinajstić information content (AvgIpc) is 2.75. The number of hydrogen-bond donors (Lipinski definition) is 1. The molecule has 172 valence electrons. The summed E-state index contributed by atoms with van der Waals surface area (Å²) < 4.78 is 27.8. The first kappa shape index (κ1) is 24.8. The molecule has 2 aromatic carbocycles. The molecule has 2 N–H and O–H groups in total. The maximum atomic E-state index is 13.4. The lowest BCUT2D eigenvalue weighted by Crippen LogP contribution is -2.46. The first-order valence-electron chi connectivity index (χ1n) is 9.84. The molecule has 7 nitrogen and oxygen atoms in total. The summed E-state index contributed by atoms with van der Waals surface area (Å²) in [6.07, 6.45) is 0.905. The van der Waals surface area contributed by atoms with Crippen LogP contribution in [0.5, 0.6) is 0 Å². The predicted molar refractivity (Wildman–Crippen MR) is 124 cm³/mol. The number of nitrogens with zero attached hydrogens (tertiary/aromatic N) is 2. The van der Waals surface area contributed by atoms with Crippen LogP contribution < -0.4 is 5.73 Å². The van der Waals surface area contributed by atoms with Crippen molar-refractivity contribution < 1.29 is 18.0 Å². The standard InChI is InChI=1S/C21H22Cl3N3O4S/c22-16-3-5-18(6-4-16)32(30,31)27(12-15-1-2-17(23)11-19(15)24)13-20(28)26-9-7-14(8-10-26)21(25)29/h1-6,11,14H,7-10,12-13H2,(H2,25,29). The maximum Gasteiger partial charge on any atom is 0.243 e. The summed E-state index contributed by atoms with van der Waals surface area (Å²) in [6.45, 7) is 0.168. The van der Waals surface area contributed by atoms with E-state index in [1.807, 2.05) is 0 Å². The van der Waals surface area contributed by atoms with Gasteiger partial charge in [0.2, 0.25) is 21.8 Å². The second-order valence-electron chi connectivity index (χ2n) is 7.52. The van der Waals surface area contributed by atoms with Crippen molar-refractivity contribution in [1.29, 1.82) is 0 Å². The first-order chi connectivity index (χ1) is 15.1. The monoisotopic (exact) mass is 517 g/mol. The molecule has 1 aliphatic heterocycles. The van der Waals surface area contributed by atoms with Gasteiger partial charge in [-0.05, 0) is 54.8 Å². The Labute approximate surface area is 202 Å². The third-order valence-corrected chi connectivity index (χ3v) is 8.02. The van der Waals surface area contributed by atoms with Gasteiger partial charge in [-0.2, -0.15) is 4.31 Å². The fourth-order valence-electron chi connectivity index (χ4n) is 3.49. The Morgan fingerprint density at radius 2 is 1.59 bits per heavy atom. The fraction of sp³-hybridized carbons (Fsp3) is 0.333. The van der Waals surface area contributed by atoms with Gasteiger partial charge in [0, 0.05) is 40.6 Å². The molecule has 1 aliphatic rings. The van der Waals surface area contributed by atoms with Crippen molar-refractivity contribution in [3.8, 4) is 0 Å². The Morgan fingerprint density at radius 3 is 2.16 bits per heavy atom. The van der Waals surface area contributed by atoms with E-state index in [1.165, 1.54) is 30.3 Å². The van der Waals surface area contributed by atoms with Crippen LogP contribution in [0.2, 0.25) is 15.1 Å². The number of halogens is 3. The Bertz CT molecular complexity index is 1100. The van der Waals surface area contributed by atoms with Crippen LogP contribution in [0, 0.1) is 5.92 Å². The molecule has 3 rings (SSSR count). The lowest BCUT2D eigenvalue weighted by Gasteiger charge is -2.32. The molecule has 0 spiro atoms. The van der Waals surface area contributed by atoms with Gasteiger partial charge in [0.05, 0.1) is 11.4 Å². The highest BCUT2D eigenvalue weighted by molar-refractivity contribution is 7.89. The van der Waals surface area contributed by atoms with E-state index in [1.54, 1.807) is 17.0 Å². The van der Waals surface area contributed by atoms with Gasteiger partial charge in [-0.3, -0.25) is 9.59 Å². The van der Waals surface area contributed by atoms with Gasteiger partial charge >= 0.3 is 0 Å². The number of primary amides is 1. The van der Waals surface area contributed by atoms with Gasteiger partial charge in [-0.25, -0.2) is 8.42 Å². The van der Waals surface area contributed by atoms with Gasteiger partial charge in [0.1, 0.15) is 0 Å². The van der Waals surface area contributed by atoms with Crippen molar-refractivity contribution in [1.82, 2.24) is 9.21 Å². The van der Waals surface area contributed by atoms with E-state index in [0.29, 0.717) is 46.6 Å². The molecule has 1 heterocycles. The molecule has 0 radical (unpaired) electrons. The SMILES string of the molecule is NC(=O)C1CCN(C(=O)CN(Cc2ccc(Cl)cc2Cl)S(=O)(=O)c2ccc(Cl)cc2)CC1. The van der Waals surface area contributed by atoms with E-state index in [2.05, 4.69) is 0 Å². The first-order valence-corrected chi connectivity index (χ1v) is 12.4. The van der Waals surface area contributed by atoms with Crippen LogP contribution in [0.1, 0.15) is 18.4 Å². The van der Waals surface area contributed by atoms with Gasteiger partial charge in [-0.1, -0.05) is 40.9 Å². The van der Waals surface area contributed by atoms with Crippen molar-refractivity contribution in [3.05, 3.63) is 63.1 Å². The highest BCUT2D eigenvalue weighted by atomic mass is 35.5. The minimum atomic E-state index is -4.04. The molecule has 1 saturated heterocycles. The number of carbonyl (C=O) groups excluding carboxylic acids is 2. The largest absolute Gasteiger partial charge is 0.369 e. The zero-order valence-electron chi connectivity index (χ0n) is 17.0. The van der Waals surface area contributed by atoms with Crippen LogP contribution in [0.3, 0.4) is 0 Å². The Hall–Kier alpha value is -1.84. The number of piperidine rings is 1. The van der Waals surface area contributed by atoms with Crippen LogP contribution in [0.15, 0.2) is 47.4 Å². The second kappa shape index (κ2) is 10.4. The van der Waals surface area contributed by atoms with Crippen molar-refractivity contribution in [2.45, 2.75) is 24.3 Å². The summed E-state index contributed by atoms with van der Waals surface area (Å²) in [5.74, 6) is -1.03. The average molecular weight is 519 g/mol. The number of carbonyl (C=O) groups is 2. The van der Waals surface area contributed by atoms with E-state index >= 15 is 0 Å². The summed E-state index contributed by atoms with van der Waals surface area (Å²) >= 11 is 18.1. The van der Waals surface area contributed by atoms with E-state index in [4.69, 9.17) is 40.5 Å². The number of likely N-dealkylation sites (tertiary alicyclic amines) is 1. The third kappa shape index (κ3) is 5.94. The van der Waals surface area contributed by atoms with Crippen molar-refractivity contribution in [2.75, 3.05) is 19.6 Å². The van der Waals surface area contributed by atoms with Gasteiger partial charge in [-0.15, -0.1) is 0 Å². The van der Waals surface area contributed by atoms with E-state index in [9.17, 15) is 18.0 Å². The number of nitrogens with two attached hydrogens (primary N) is 1. The van der Waals surface area contributed by atoms with E-state index in [-0.39, 0.29) is 35.7 Å². The van der Waals surface area contributed by atoms with E-state index < -0.39 is 10.0 Å². The maximum absolute atomic E-state index is 13.4. The third-order valence-electron chi connectivity index (χ3n) is 5.37. The highest BCUT2D eigenvalue weighted by Gasteiger charge is 2.31. The number of sulfonamides is 1. The van der Waals surface area contributed by atoms with Crippen molar-refractivity contribution >= 4 is 56.6 Å². The summed E-state index contributed by atoms with van der Waals surface area (Å²) in [6, 6.07) is 10.5. The van der Waals surface area contributed by atoms with E-state index in [0.717, 1.165) is 4.31 Å². The van der Waals surface area contributed by atoms with Crippen LogP contribution >= 0.6 is 34.8 Å². The van der Waals surface area contributed by atoms with Gasteiger partial charge < -0.3 is 10.6 Å². The van der Waals surface area contributed by atoms with Gasteiger partial charge in [0.15, 0.2) is 0 Å². The number of amides is 2. The predicted octanol–water partition coefficient (Wildman–Crippen LogP) is 3.56.